The molecule has 3 aromatic rings. The second-order valence-electron chi connectivity index (χ2n) is 7.28. The van der Waals surface area contributed by atoms with Crippen LogP contribution in [0, 0.1) is 0 Å². The van der Waals surface area contributed by atoms with Crippen LogP contribution in [-0.2, 0) is 19.6 Å². The van der Waals surface area contributed by atoms with Gasteiger partial charge < -0.3 is 19.8 Å². The Kier molecular flexibility index (Phi) is 4.40. The first kappa shape index (κ1) is 17.7. The number of nitrogens with two attached hydrogens (primary N) is 1. The third-order valence-corrected chi connectivity index (χ3v) is 5.27. The van der Waals surface area contributed by atoms with Crippen molar-refractivity contribution in [3.8, 4) is 11.6 Å². The maximum absolute atomic E-state index is 11.3. The van der Waals surface area contributed by atoms with Crippen LogP contribution in [0.2, 0.25) is 0 Å². The highest BCUT2D eigenvalue weighted by molar-refractivity contribution is 5.90. The Morgan fingerprint density at radius 1 is 1.21 bits per heavy atom. The van der Waals surface area contributed by atoms with E-state index in [1.165, 1.54) is 5.56 Å². The number of carbonyl (C=O) groups is 1. The molecule has 0 saturated carbocycles. The summed E-state index contributed by atoms with van der Waals surface area (Å²) in [6, 6.07) is 12.1. The summed E-state index contributed by atoms with van der Waals surface area (Å²) in [5.41, 5.74) is 7.93. The van der Waals surface area contributed by atoms with Gasteiger partial charge in [0.15, 0.2) is 11.9 Å². The summed E-state index contributed by atoms with van der Waals surface area (Å²) in [4.78, 5) is 22.2. The van der Waals surface area contributed by atoms with Crippen molar-refractivity contribution in [3.05, 3.63) is 71.4 Å². The molecule has 0 fully saturated rings. The van der Waals surface area contributed by atoms with E-state index in [4.69, 9.17) is 15.2 Å². The molecule has 2 aromatic heterocycles. The van der Waals surface area contributed by atoms with E-state index in [1.54, 1.807) is 12.4 Å². The van der Waals surface area contributed by atoms with Crippen LogP contribution >= 0.6 is 0 Å². The van der Waals surface area contributed by atoms with E-state index in [0.717, 1.165) is 31.0 Å². The fourth-order valence-corrected chi connectivity index (χ4v) is 3.72. The van der Waals surface area contributed by atoms with Crippen LogP contribution in [0.3, 0.4) is 0 Å². The summed E-state index contributed by atoms with van der Waals surface area (Å²) in [6.07, 6.45) is 3.27. The fourth-order valence-electron chi connectivity index (χ4n) is 3.72. The summed E-state index contributed by atoms with van der Waals surface area (Å²) in [5.74, 6) is 1.61. The summed E-state index contributed by atoms with van der Waals surface area (Å²) in [5, 5.41) is 0. The first-order chi connectivity index (χ1) is 14.2. The molecule has 1 unspecified atom stereocenters. The molecule has 2 aliphatic rings. The SMILES string of the molecule is NC(=O)c1cn2c(n1)CN(Cc1ccc(C3COc4cccnc4O3)cc1)CC2. The Balaban J connectivity index is 1.24. The number of carbonyl (C=O) groups excluding carboxylic acids is 1. The Morgan fingerprint density at radius 2 is 2.07 bits per heavy atom. The Bertz CT molecular complexity index is 1050. The average Bonchev–Trinajstić information content (AvgIpc) is 3.18. The minimum atomic E-state index is -0.485. The van der Waals surface area contributed by atoms with Crippen molar-refractivity contribution in [1.29, 1.82) is 0 Å². The van der Waals surface area contributed by atoms with E-state index in [9.17, 15) is 4.79 Å². The first-order valence-electron chi connectivity index (χ1n) is 9.57. The summed E-state index contributed by atoms with van der Waals surface area (Å²) in [7, 11) is 0. The van der Waals surface area contributed by atoms with Crippen LogP contribution < -0.4 is 15.2 Å². The molecule has 2 N–H and O–H groups in total. The molecule has 0 radical (unpaired) electrons. The van der Waals surface area contributed by atoms with Gasteiger partial charge in [-0.2, -0.15) is 0 Å². The third kappa shape index (κ3) is 3.54. The number of nitrogens with zero attached hydrogens (tertiary/aromatic N) is 4. The standard InChI is InChI=1S/C21H21N5O3/c22-20(27)16-11-26-9-8-25(12-19(26)24-16)10-14-3-5-15(6-4-14)18-13-28-17-2-1-7-23-21(17)29-18/h1-7,11,18H,8-10,12-13H2,(H2,22,27). The minimum absolute atomic E-state index is 0.166. The molecular weight excluding hydrogens is 370 g/mol. The predicted molar refractivity (Wildman–Crippen MR) is 104 cm³/mol. The number of imidazole rings is 1. The number of hydrogen-bond acceptors (Lipinski definition) is 6. The van der Waals surface area contributed by atoms with Crippen molar-refractivity contribution in [2.45, 2.75) is 25.7 Å². The van der Waals surface area contributed by atoms with Crippen LogP contribution in [0.25, 0.3) is 0 Å². The minimum Gasteiger partial charge on any atom is -0.484 e. The van der Waals surface area contributed by atoms with Gasteiger partial charge >= 0.3 is 0 Å². The van der Waals surface area contributed by atoms with Crippen molar-refractivity contribution < 1.29 is 14.3 Å². The number of amides is 1. The van der Waals surface area contributed by atoms with Gasteiger partial charge in [-0.15, -0.1) is 0 Å². The number of rotatable bonds is 4. The van der Waals surface area contributed by atoms with E-state index in [-0.39, 0.29) is 6.10 Å². The lowest BCUT2D eigenvalue weighted by Crippen LogP contribution is -2.33. The van der Waals surface area contributed by atoms with E-state index in [2.05, 4.69) is 39.1 Å². The molecule has 0 spiro atoms. The van der Waals surface area contributed by atoms with Crippen molar-refractivity contribution in [2.24, 2.45) is 5.73 Å². The van der Waals surface area contributed by atoms with Crippen LogP contribution in [0.15, 0.2) is 48.8 Å². The zero-order valence-corrected chi connectivity index (χ0v) is 15.8. The lowest BCUT2D eigenvalue weighted by Gasteiger charge is -2.28. The molecule has 29 heavy (non-hydrogen) atoms. The van der Waals surface area contributed by atoms with Gasteiger partial charge in [0.1, 0.15) is 18.1 Å². The zero-order valence-electron chi connectivity index (χ0n) is 15.8. The van der Waals surface area contributed by atoms with Crippen LogP contribution in [-0.4, -0.2) is 38.5 Å². The van der Waals surface area contributed by atoms with Crippen molar-refractivity contribution in [3.63, 3.8) is 0 Å². The molecule has 1 aromatic carbocycles. The molecule has 2 aliphatic heterocycles. The molecule has 1 amide bonds. The van der Waals surface area contributed by atoms with E-state index >= 15 is 0 Å². The number of hydrogen-bond donors (Lipinski definition) is 1. The van der Waals surface area contributed by atoms with Gasteiger partial charge in [-0.05, 0) is 23.3 Å². The second-order valence-corrected chi connectivity index (χ2v) is 7.28. The second kappa shape index (κ2) is 7.21. The molecular formula is C21H21N5O3. The number of primary amides is 1. The quantitative estimate of drug-likeness (QED) is 0.730. The fraction of sp³-hybridized carbons (Fsp3) is 0.286. The molecule has 4 heterocycles. The molecule has 0 bridgehead atoms. The highest BCUT2D eigenvalue weighted by Gasteiger charge is 2.24. The highest BCUT2D eigenvalue weighted by Crippen LogP contribution is 2.34. The largest absolute Gasteiger partial charge is 0.484 e. The van der Waals surface area contributed by atoms with Crippen molar-refractivity contribution in [2.75, 3.05) is 13.2 Å². The number of ether oxygens (including phenoxy) is 2. The zero-order chi connectivity index (χ0) is 19.8. The summed E-state index contributed by atoms with van der Waals surface area (Å²) >= 11 is 0. The van der Waals surface area contributed by atoms with Crippen LogP contribution in [0.1, 0.15) is 33.5 Å². The first-order valence-corrected chi connectivity index (χ1v) is 9.57. The molecule has 8 nitrogen and oxygen atoms in total. The number of benzene rings is 1. The summed E-state index contributed by atoms with van der Waals surface area (Å²) in [6.45, 7) is 3.66. The molecule has 5 rings (SSSR count). The lowest BCUT2D eigenvalue weighted by atomic mass is 10.1. The van der Waals surface area contributed by atoms with Crippen LogP contribution in [0.5, 0.6) is 11.6 Å². The summed E-state index contributed by atoms with van der Waals surface area (Å²) < 4.78 is 13.7. The van der Waals surface area contributed by atoms with Gasteiger partial charge in [0.2, 0.25) is 0 Å². The predicted octanol–water partition coefficient (Wildman–Crippen LogP) is 1.91. The van der Waals surface area contributed by atoms with E-state index < -0.39 is 5.91 Å². The monoisotopic (exact) mass is 391 g/mol. The van der Waals surface area contributed by atoms with Gasteiger partial charge in [0.05, 0.1) is 6.54 Å². The number of aromatic nitrogens is 3. The average molecular weight is 391 g/mol. The van der Waals surface area contributed by atoms with Gasteiger partial charge in [-0.25, -0.2) is 9.97 Å². The molecule has 1 atom stereocenters. The smallest absolute Gasteiger partial charge is 0.268 e. The van der Waals surface area contributed by atoms with Gasteiger partial charge in [0.25, 0.3) is 11.8 Å². The highest BCUT2D eigenvalue weighted by atomic mass is 16.6. The van der Waals surface area contributed by atoms with E-state index in [1.807, 2.05) is 16.7 Å². The van der Waals surface area contributed by atoms with Gasteiger partial charge in [0, 0.05) is 32.0 Å². The lowest BCUT2D eigenvalue weighted by molar-refractivity contribution is 0.0850. The van der Waals surface area contributed by atoms with Crippen LogP contribution in [0.4, 0.5) is 0 Å². The van der Waals surface area contributed by atoms with Crippen molar-refractivity contribution >= 4 is 5.91 Å². The normalized spacial score (nSPS) is 18.3. The third-order valence-electron chi connectivity index (χ3n) is 5.27. The number of pyridine rings is 1. The molecule has 8 heteroatoms. The molecule has 0 saturated heterocycles. The van der Waals surface area contributed by atoms with Gasteiger partial charge in [-0.3, -0.25) is 9.69 Å². The van der Waals surface area contributed by atoms with E-state index in [0.29, 0.717) is 30.5 Å². The maximum atomic E-state index is 11.3. The topological polar surface area (TPSA) is 95.5 Å². The number of fused-ring (bicyclic) bond motifs is 2. The molecule has 0 aliphatic carbocycles. The maximum Gasteiger partial charge on any atom is 0.268 e. The Labute approximate surface area is 167 Å². The Morgan fingerprint density at radius 3 is 2.90 bits per heavy atom. The Hall–Kier alpha value is -3.39. The van der Waals surface area contributed by atoms with Crippen molar-refractivity contribution in [1.82, 2.24) is 19.4 Å². The van der Waals surface area contributed by atoms with Gasteiger partial charge in [-0.1, -0.05) is 24.3 Å². The molecule has 148 valence electrons.